The zero-order valence-corrected chi connectivity index (χ0v) is 39.5. The van der Waals surface area contributed by atoms with Crippen molar-refractivity contribution >= 4 is 5.97 Å². The molecule has 1 rings (SSSR count). The second kappa shape index (κ2) is 44.5. The molecule has 1 heterocycles. The molecule has 4 N–H and O–H groups in total. The summed E-state index contributed by atoms with van der Waals surface area (Å²) in [5, 5.41) is 40.2. The number of rotatable bonds is 39. The molecule has 6 atom stereocenters. The molecule has 0 bridgehead atoms. The summed E-state index contributed by atoms with van der Waals surface area (Å²) >= 11 is 0. The summed E-state index contributed by atoms with van der Waals surface area (Å²) in [5.41, 5.74) is 0. The van der Waals surface area contributed by atoms with Crippen LogP contribution in [0.15, 0.2) is 134 Å². The molecule has 1 fully saturated rings. The van der Waals surface area contributed by atoms with Crippen molar-refractivity contribution in [2.45, 2.75) is 179 Å². The third kappa shape index (κ3) is 34.7. The van der Waals surface area contributed by atoms with Crippen molar-refractivity contribution in [1.29, 1.82) is 0 Å². The molecule has 0 aromatic carbocycles. The van der Waals surface area contributed by atoms with Gasteiger partial charge in [0.05, 0.1) is 19.8 Å². The van der Waals surface area contributed by atoms with Crippen molar-refractivity contribution < 1.29 is 44.2 Å². The topological polar surface area (TPSA) is 135 Å². The Hall–Kier alpha value is -3.67. The summed E-state index contributed by atoms with van der Waals surface area (Å²) in [6.45, 7) is 4.17. The van der Waals surface area contributed by atoms with Crippen LogP contribution in [0, 0.1) is 0 Å². The second-order valence-corrected chi connectivity index (χ2v) is 15.8. The fraction of sp³-hybridized carbons (Fsp3) is 0.582. The summed E-state index contributed by atoms with van der Waals surface area (Å²) < 4.78 is 22.8. The molecule has 9 nitrogen and oxygen atoms in total. The van der Waals surface area contributed by atoms with E-state index in [-0.39, 0.29) is 19.6 Å². The van der Waals surface area contributed by atoms with E-state index in [1.807, 2.05) is 12.2 Å². The van der Waals surface area contributed by atoms with Gasteiger partial charge in [-0.3, -0.25) is 4.79 Å². The van der Waals surface area contributed by atoms with Crippen molar-refractivity contribution in [2.75, 3.05) is 26.4 Å². The van der Waals surface area contributed by atoms with Gasteiger partial charge >= 0.3 is 5.97 Å². The van der Waals surface area contributed by atoms with E-state index in [0.29, 0.717) is 13.0 Å². The maximum atomic E-state index is 12.8. The summed E-state index contributed by atoms with van der Waals surface area (Å²) in [6, 6.07) is 0. The van der Waals surface area contributed by atoms with E-state index in [9.17, 15) is 25.2 Å². The molecule has 0 spiro atoms. The van der Waals surface area contributed by atoms with Crippen LogP contribution < -0.4 is 0 Å². The van der Waals surface area contributed by atoms with E-state index in [1.54, 1.807) is 0 Å². The molecular formula is C55H86O9. The zero-order valence-electron chi connectivity index (χ0n) is 39.5. The largest absolute Gasteiger partial charge is 0.457 e. The first-order chi connectivity index (χ1) is 31.4. The summed E-state index contributed by atoms with van der Waals surface area (Å²) in [6.07, 6.45) is 59.2. The highest BCUT2D eigenvalue weighted by Gasteiger charge is 2.44. The van der Waals surface area contributed by atoms with Gasteiger partial charge in [0.2, 0.25) is 0 Å². The summed E-state index contributed by atoms with van der Waals surface area (Å²) in [5.74, 6) is -0.407. The average Bonchev–Trinajstić information content (AvgIpc) is 3.30. The monoisotopic (exact) mass is 891 g/mol. The number of hydrogen-bond acceptors (Lipinski definition) is 9. The first kappa shape index (κ1) is 58.3. The minimum Gasteiger partial charge on any atom is -0.457 e. The Morgan fingerprint density at radius 3 is 1.36 bits per heavy atom. The fourth-order valence-corrected chi connectivity index (χ4v) is 6.37. The lowest BCUT2D eigenvalue weighted by Gasteiger charge is -2.39. The van der Waals surface area contributed by atoms with Gasteiger partial charge < -0.3 is 39.4 Å². The van der Waals surface area contributed by atoms with E-state index in [1.165, 1.54) is 19.3 Å². The van der Waals surface area contributed by atoms with Crippen LogP contribution >= 0.6 is 0 Å². The van der Waals surface area contributed by atoms with Crippen molar-refractivity contribution in [3.05, 3.63) is 134 Å². The molecular weight excluding hydrogens is 805 g/mol. The highest BCUT2D eigenvalue weighted by atomic mass is 16.7. The number of aliphatic hydroxyl groups excluding tert-OH is 4. The molecule has 6 unspecified atom stereocenters. The SMILES string of the molecule is CC/C=C\C/C=C\C/C=C\C/C=C\C/C=C\C/C=C\CCC(=O)OC(COCCCCCCCC/C=C\C/C=C\C/C=C\C/C=C\C/C=C\CC)COC1OC(CO)C(O)C(O)C1O. The van der Waals surface area contributed by atoms with Crippen molar-refractivity contribution in [2.24, 2.45) is 0 Å². The third-order valence-corrected chi connectivity index (χ3v) is 10.1. The third-order valence-electron chi connectivity index (χ3n) is 10.1. The highest BCUT2D eigenvalue weighted by Crippen LogP contribution is 2.22. The van der Waals surface area contributed by atoms with Crippen molar-refractivity contribution in [1.82, 2.24) is 0 Å². The van der Waals surface area contributed by atoms with Crippen LogP contribution in [-0.2, 0) is 23.7 Å². The predicted molar refractivity (Wildman–Crippen MR) is 265 cm³/mol. The molecule has 1 aliphatic heterocycles. The van der Waals surface area contributed by atoms with Gasteiger partial charge in [-0.25, -0.2) is 0 Å². The molecule has 0 radical (unpaired) electrons. The van der Waals surface area contributed by atoms with Gasteiger partial charge in [-0.1, -0.05) is 173 Å². The second-order valence-electron chi connectivity index (χ2n) is 15.8. The molecule has 9 heteroatoms. The van der Waals surface area contributed by atoms with E-state index in [2.05, 4.69) is 135 Å². The molecule has 64 heavy (non-hydrogen) atoms. The normalized spacial score (nSPS) is 20.8. The van der Waals surface area contributed by atoms with Crippen LogP contribution in [0.5, 0.6) is 0 Å². The van der Waals surface area contributed by atoms with Crippen molar-refractivity contribution in [3.8, 4) is 0 Å². The predicted octanol–water partition coefficient (Wildman–Crippen LogP) is 11.7. The molecule has 0 amide bonds. The standard InChI is InChI=1S/C55H86O9/c1-3-5-7-9-11-13-15-17-19-21-23-24-25-27-29-31-33-35-37-39-41-43-45-61-47-49(48-62-55-54(60)53(59)52(58)50(46-56)64-55)63-51(57)44-42-40-38-36-34-32-30-28-26-22-20-18-16-14-12-10-8-6-4-2/h5-8,11-14,17-20,23-24,26-29,32,34,38,40,49-50,52-56,58-60H,3-4,9-10,15-16,21-22,25,30-31,33,35-37,39,41-48H2,1-2H3/b7-5-,8-6-,13-11-,14-12-,19-17-,20-18-,24-23-,28-26-,29-27-,34-32-,40-38-. The van der Waals surface area contributed by atoms with Crippen LogP contribution in [-0.4, -0.2) is 89.6 Å². The highest BCUT2D eigenvalue weighted by molar-refractivity contribution is 5.69. The van der Waals surface area contributed by atoms with Gasteiger partial charge in [0.15, 0.2) is 6.29 Å². The van der Waals surface area contributed by atoms with Gasteiger partial charge in [0, 0.05) is 13.0 Å². The number of hydrogen-bond donors (Lipinski definition) is 4. The lowest BCUT2D eigenvalue weighted by atomic mass is 9.99. The van der Waals surface area contributed by atoms with Gasteiger partial charge in [-0.2, -0.15) is 0 Å². The maximum Gasteiger partial charge on any atom is 0.306 e. The molecule has 360 valence electrons. The van der Waals surface area contributed by atoms with Crippen LogP contribution in [0.2, 0.25) is 0 Å². The zero-order chi connectivity index (χ0) is 46.4. The van der Waals surface area contributed by atoms with Crippen LogP contribution in [0.1, 0.15) is 142 Å². The molecule has 0 saturated carbocycles. The van der Waals surface area contributed by atoms with E-state index in [4.69, 9.17) is 18.9 Å². The number of aliphatic hydroxyl groups is 4. The smallest absolute Gasteiger partial charge is 0.306 e. The average molecular weight is 891 g/mol. The van der Waals surface area contributed by atoms with E-state index < -0.39 is 49.4 Å². The minimum absolute atomic E-state index is 0.0936. The lowest BCUT2D eigenvalue weighted by molar-refractivity contribution is -0.305. The molecule has 1 aliphatic rings. The lowest BCUT2D eigenvalue weighted by Crippen LogP contribution is -2.59. The van der Waals surface area contributed by atoms with Gasteiger partial charge in [0.1, 0.15) is 30.5 Å². The molecule has 0 aromatic rings. The fourth-order valence-electron chi connectivity index (χ4n) is 6.37. The first-order valence-corrected chi connectivity index (χ1v) is 24.3. The number of ether oxygens (including phenoxy) is 4. The van der Waals surface area contributed by atoms with Crippen LogP contribution in [0.4, 0.5) is 0 Å². The Bertz CT molecular complexity index is 1430. The van der Waals surface area contributed by atoms with E-state index >= 15 is 0 Å². The maximum absolute atomic E-state index is 12.8. The van der Waals surface area contributed by atoms with Crippen LogP contribution in [0.3, 0.4) is 0 Å². The number of carbonyl (C=O) groups is 1. The Morgan fingerprint density at radius 1 is 0.500 bits per heavy atom. The van der Waals surface area contributed by atoms with Gasteiger partial charge in [-0.15, -0.1) is 0 Å². The quantitative estimate of drug-likeness (QED) is 0.0270. The minimum atomic E-state index is -1.56. The molecule has 1 saturated heterocycles. The Morgan fingerprint density at radius 2 is 0.906 bits per heavy atom. The van der Waals surface area contributed by atoms with Crippen LogP contribution in [0.25, 0.3) is 0 Å². The van der Waals surface area contributed by atoms with Gasteiger partial charge in [-0.05, 0) is 96.3 Å². The number of unbranched alkanes of at least 4 members (excludes halogenated alkanes) is 6. The molecule has 0 aromatic heterocycles. The van der Waals surface area contributed by atoms with Crippen molar-refractivity contribution in [3.63, 3.8) is 0 Å². The summed E-state index contributed by atoms with van der Waals surface area (Å²) in [4.78, 5) is 12.8. The Kier molecular flexibility index (Phi) is 40.6. The number of carbonyl (C=O) groups excluding carboxylic acids is 1. The number of esters is 1. The Labute approximate surface area is 388 Å². The first-order valence-electron chi connectivity index (χ1n) is 24.3. The molecule has 0 aliphatic carbocycles. The van der Waals surface area contributed by atoms with E-state index in [0.717, 1.165) is 96.3 Å². The number of allylic oxidation sites excluding steroid dienone is 22. The van der Waals surface area contributed by atoms with Gasteiger partial charge in [0.25, 0.3) is 0 Å². The Balaban J connectivity index is 2.32. The summed E-state index contributed by atoms with van der Waals surface area (Å²) in [7, 11) is 0.